The number of thiophene rings is 1. The van der Waals surface area contributed by atoms with Crippen LogP contribution in [-0.4, -0.2) is 22.5 Å². The van der Waals surface area contributed by atoms with Crippen molar-refractivity contribution in [2.24, 2.45) is 0 Å². The lowest BCUT2D eigenvalue weighted by Gasteiger charge is -2.03. The van der Waals surface area contributed by atoms with Crippen LogP contribution in [0.1, 0.15) is 15.9 Å². The fourth-order valence-electron chi connectivity index (χ4n) is 1.63. The Balaban J connectivity index is 2.43. The zero-order valence-corrected chi connectivity index (χ0v) is 12.1. The average Bonchev–Trinajstić information content (AvgIpc) is 2.91. The molecule has 8 heteroatoms. The summed E-state index contributed by atoms with van der Waals surface area (Å²) in [6, 6.07) is 9.47. The Morgan fingerprint density at radius 1 is 1.29 bits per heavy atom. The monoisotopic (exact) mass is 324 g/mol. The summed E-state index contributed by atoms with van der Waals surface area (Å²) < 4.78 is 0. The van der Waals surface area contributed by atoms with E-state index in [4.69, 9.17) is 11.6 Å². The van der Waals surface area contributed by atoms with Gasteiger partial charge < -0.3 is 5.32 Å². The molecule has 0 saturated heterocycles. The van der Waals surface area contributed by atoms with Crippen LogP contribution in [-0.2, 0) is 4.79 Å². The van der Waals surface area contributed by atoms with Crippen LogP contribution in [0.5, 0.6) is 0 Å². The fraction of sp³-hybridized carbons (Fsp3) is 0.0769. The molecule has 108 valence electrons. The lowest BCUT2D eigenvalue weighted by molar-refractivity contribution is -0.380. The van der Waals surface area contributed by atoms with Crippen LogP contribution in [0.3, 0.4) is 0 Å². The second kappa shape index (κ2) is 6.47. The van der Waals surface area contributed by atoms with Gasteiger partial charge in [-0.25, -0.2) is 0 Å². The maximum atomic E-state index is 12.4. The largest absolute Gasteiger partial charge is 0.326 e. The summed E-state index contributed by atoms with van der Waals surface area (Å²) in [6.07, 6.45) is 0. The molecule has 0 atom stereocenters. The predicted molar refractivity (Wildman–Crippen MR) is 80.2 cm³/mol. The molecular formula is C13H9ClN2O4S. The first-order valence-corrected chi connectivity index (χ1v) is 7.12. The van der Waals surface area contributed by atoms with Crippen molar-refractivity contribution in [3.63, 3.8) is 0 Å². The van der Waals surface area contributed by atoms with Crippen molar-refractivity contribution in [2.75, 3.05) is 11.2 Å². The van der Waals surface area contributed by atoms with Crippen LogP contribution in [0.4, 0.5) is 10.0 Å². The van der Waals surface area contributed by atoms with Crippen LogP contribution in [0, 0.1) is 10.1 Å². The summed E-state index contributed by atoms with van der Waals surface area (Å²) in [6.45, 7) is 0. The maximum Gasteiger partial charge on any atom is 0.326 e. The first-order valence-electron chi connectivity index (χ1n) is 5.76. The molecule has 1 heterocycles. The van der Waals surface area contributed by atoms with Crippen molar-refractivity contribution in [3.8, 4) is 0 Å². The van der Waals surface area contributed by atoms with Gasteiger partial charge in [0.15, 0.2) is 5.78 Å². The zero-order chi connectivity index (χ0) is 15.4. The topological polar surface area (TPSA) is 89.3 Å². The molecule has 1 aromatic heterocycles. The first kappa shape index (κ1) is 15.1. The Kier molecular flexibility index (Phi) is 4.66. The van der Waals surface area contributed by atoms with Crippen molar-refractivity contribution in [1.82, 2.24) is 0 Å². The van der Waals surface area contributed by atoms with E-state index in [1.165, 1.54) is 0 Å². The predicted octanol–water partition coefficient (Wildman–Crippen LogP) is 3.06. The number of nitrogens with zero attached hydrogens (tertiary/aromatic N) is 1. The van der Waals surface area contributed by atoms with Gasteiger partial charge in [-0.1, -0.05) is 30.3 Å². The Morgan fingerprint density at radius 2 is 1.95 bits per heavy atom. The highest BCUT2D eigenvalue weighted by atomic mass is 35.5. The molecule has 0 fully saturated rings. The molecule has 0 aliphatic carbocycles. The molecule has 1 N–H and O–H groups in total. The number of anilines is 1. The van der Waals surface area contributed by atoms with Gasteiger partial charge in [0.05, 0.1) is 10.5 Å². The van der Waals surface area contributed by atoms with Crippen molar-refractivity contribution in [1.29, 1.82) is 0 Å². The van der Waals surface area contributed by atoms with E-state index in [1.807, 2.05) is 0 Å². The number of hydrogen-bond donors (Lipinski definition) is 1. The van der Waals surface area contributed by atoms with E-state index in [9.17, 15) is 19.7 Å². The summed E-state index contributed by atoms with van der Waals surface area (Å²) in [4.78, 5) is 34.0. The number of rotatable bonds is 5. The van der Waals surface area contributed by atoms with Gasteiger partial charge in [0.25, 0.3) is 0 Å². The highest BCUT2D eigenvalue weighted by Gasteiger charge is 2.23. The second-order valence-electron chi connectivity index (χ2n) is 3.96. The van der Waals surface area contributed by atoms with E-state index in [-0.39, 0.29) is 21.4 Å². The molecule has 0 unspecified atom stereocenters. The fourth-order valence-corrected chi connectivity index (χ4v) is 2.59. The molecule has 0 aliphatic rings. The highest BCUT2D eigenvalue weighted by Crippen LogP contribution is 2.35. The molecule has 0 saturated carbocycles. The van der Waals surface area contributed by atoms with Crippen molar-refractivity contribution in [3.05, 3.63) is 57.6 Å². The number of benzene rings is 1. The number of nitro groups is 1. The van der Waals surface area contributed by atoms with Gasteiger partial charge in [-0.2, -0.15) is 0 Å². The number of carbonyl (C=O) groups is 2. The second-order valence-corrected chi connectivity index (χ2v) is 5.26. The molecule has 2 rings (SSSR count). The van der Waals surface area contributed by atoms with E-state index in [0.29, 0.717) is 5.56 Å². The lowest BCUT2D eigenvalue weighted by Crippen LogP contribution is -2.14. The van der Waals surface area contributed by atoms with E-state index in [1.54, 1.807) is 30.3 Å². The van der Waals surface area contributed by atoms with Crippen LogP contribution >= 0.6 is 22.9 Å². The summed E-state index contributed by atoms with van der Waals surface area (Å²) in [5.74, 6) is -1.23. The highest BCUT2D eigenvalue weighted by molar-refractivity contribution is 7.19. The Hall–Kier alpha value is -2.25. The van der Waals surface area contributed by atoms with Crippen molar-refractivity contribution in [2.45, 2.75) is 0 Å². The Morgan fingerprint density at radius 3 is 2.52 bits per heavy atom. The molecule has 0 aliphatic heterocycles. The van der Waals surface area contributed by atoms with Crippen molar-refractivity contribution < 1.29 is 14.5 Å². The number of halogens is 1. The smallest absolute Gasteiger partial charge is 0.316 e. The number of ketones is 1. The molecule has 2 aromatic rings. The third-order valence-corrected chi connectivity index (χ3v) is 3.80. The van der Waals surface area contributed by atoms with Crippen LogP contribution < -0.4 is 5.32 Å². The zero-order valence-electron chi connectivity index (χ0n) is 10.5. The van der Waals surface area contributed by atoms with Crippen LogP contribution in [0.15, 0.2) is 36.4 Å². The van der Waals surface area contributed by atoms with Crippen LogP contribution in [0.2, 0.25) is 0 Å². The Labute approximate surface area is 128 Å². The normalized spacial score (nSPS) is 10.1. The summed E-state index contributed by atoms with van der Waals surface area (Å²) in [5, 5.41) is 13.2. The van der Waals surface area contributed by atoms with Gasteiger partial charge in [0, 0.05) is 11.6 Å². The molecule has 0 bridgehead atoms. The third-order valence-electron chi connectivity index (χ3n) is 2.55. The molecule has 6 nitrogen and oxygen atoms in total. The van der Waals surface area contributed by atoms with E-state index < -0.39 is 16.6 Å². The van der Waals surface area contributed by atoms with E-state index in [0.717, 1.165) is 17.4 Å². The average molecular weight is 325 g/mol. The minimum Gasteiger partial charge on any atom is -0.316 e. The number of nitrogens with one attached hydrogen (secondary N) is 1. The lowest BCUT2D eigenvalue weighted by atomic mass is 10.1. The quantitative estimate of drug-likeness (QED) is 0.396. The van der Waals surface area contributed by atoms with Gasteiger partial charge in [-0.3, -0.25) is 19.7 Å². The van der Waals surface area contributed by atoms with E-state index in [2.05, 4.69) is 5.32 Å². The SMILES string of the molecule is O=C(CCl)Nc1sc([N+](=O)[O-])cc1C(=O)c1ccccc1. The standard InChI is InChI=1S/C13H9ClN2O4S/c14-7-10(17)15-13-9(6-11(21-13)16(19)20)12(18)8-4-2-1-3-5-8/h1-6H,7H2,(H,15,17). The van der Waals surface area contributed by atoms with Gasteiger partial charge in [-0.15, -0.1) is 11.6 Å². The number of hydrogen-bond acceptors (Lipinski definition) is 5. The van der Waals surface area contributed by atoms with Gasteiger partial charge in [0.1, 0.15) is 10.9 Å². The summed E-state index contributed by atoms with van der Waals surface area (Å²) in [7, 11) is 0. The third kappa shape index (κ3) is 3.45. The van der Waals surface area contributed by atoms with Crippen molar-refractivity contribution >= 4 is 44.6 Å². The number of alkyl halides is 1. The molecule has 21 heavy (non-hydrogen) atoms. The number of amides is 1. The molecule has 1 aromatic carbocycles. The van der Waals surface area contributed by atoms with Gasteiger partial charge in [0.2, 0.25) is 5.91 Å². The molecule has 0 radical (unpaired) electrons. The number of carbonyl (C=O) groups excluding carboxylic acids is 2. The summed E-state index contributed by atoms with van der Waals surface area (Å²) in [5.41, 5.74) is 0.461. The van der Waals surface area contributed by atoms with E-state index >= 15 is 0 Å². The van der Waals surface area contributed by atoms with Gasteiger partial charge in [-0.05, 0) is 11.3 Å². The minimum atomic E-state index is -0.608. The van der Waals surface area contributed by atoms with Crippen LogP contribution in [0.25, 0.3) is 0 Å². The minimum absolute atomic E-state index is 0.0800. The maximum absolute atomic E-state index is 12.4. The van der Waals surface area contributed by atoms with Gasteiger partial charge >= 0.3 is 5.00 Å². The molecule has 0 spiro atoms. The molecule has 1 amide bonds. The first-order chi connectivity index (χ1) is 10.0. The Bertz CT molecular complexity index is 699. The molecular weight excluding hydrogens is 316 g/mol. The summed E-state index contributed by atoms with van der Waals surface area (Å²) >= 11 is 6.12.